The SMILES string of the molecule is Cn1cc(-c2cn(CCCN3C[C@@H]4C[C@]4(c4ccc(C(F)(F)F)cc4)C3)c(=O)[nH]c2=O)cn1. The molecular weight excluding hydrogens is 435 g/mol. The van der Waals surface area contributed by atoms with E-state index in [1.807, 2.05) is 0 Å². The van der Waals surface area contributed by atoms with Gasteiger partial charge in [-0.2, -0.15) is 18.3 Å². The van der Waals surface area contributed by atoms with E-state index in [0.29, 0.717) is 30.0 Å². The summed E-state index contributed by atoms with van der Waals surface area (Å²) in [5.74, 6) is 0.460. The fourth-order valence-electron chi connectivity index (χ4n) is 5.10. The van der Waals surface area contributed by atoms with Crippen LogP contribution < -0.4 is 11.2 Å². The van der Waals surface area contributed by atoms with Crippen molar-refractivity contribution in [3.05, 3.63) is 74.8 Å². The molecule has 0 radical (unpaired) electrons. The number of aromatic nitrogens is 4. The first kappa shape index (κ1) is 21.7. The van der Waals surface area contributed by atoms with Crippen LogP contribution in [0.15, 0.2) is 52.4 Å². The van der Waals surface area contributed by atoms with E-state index in [1.54, 1.807) is 42.5 Å². The fraction of sp³-hybridized carbons (Fsp3) is 0.435. The first-order valence-electron chi connectivity index (χ1n) is 10.9. The average molecular weight is 459 g/mol. The zero-order valence-corrected chi connectivity index (χ0v) is 18.1. The van der Waals surface area contributed by atoms with Gasteiger partial charge in [-0.15, -0.1) is 0 Å². The van der Waals surface area contributed by atoms with Crippen molar-refractivity contribution < 1.29 is 13.2 Å². The molecule has 0 spiro atoms. The third-order valence-corrected chi connectivity index (χ3v) is 6.90. The lowest BCUT2D eigenvalue weighted by Gasteiger charge is -2.21. The Labute approximate surface area is 187 Å². The second kappa shape index (κ2) is 7.72. The molecule has 5 rings (SSSR count). The molecule has 2 atom stereocenters. The fourth-order valence-corrected chi connectivity index (χ4v) is 5.10. The number of alkyl halides is 3. The zero-order chi connectivity index (χ0) is 23.4. The second-order valence-corrected chi connectivity index (χ2v) is 9.12. The summed E-state index contributed by atoms with van der Waals surface area (Å²) >= 11 is 0. The average Bonchev–Trinajstić information content (AvgIpc) is 3.09. The number of aryl methyl sites for hydroxylation is 2. The Morgan fingerprint density at radius 3 is 2.58 bits per heavy atom. The van der Waals surface area contributed by atoms with Gasteiger partial charge in [0.05, 0.1) is 17.3 Å². The molecule has 33 heavy (non-hydrogen) atoms. The van der Waals surface area contributed by atoms with Crippen molar-refractivity contribution in [3.63, 3.8) is 0 Å². The van der Waals surface area contributed by atoms with Crippen LogP contribution >= 0.6 is 0 Å². The Morgan fingerprint density at radius 2 is 1.91 bits per heavy atom. The van der Waals surface area contributed by atoms with Crippen molar-refractivity contribution in [1.29, 1.82) is 0 Å². The largest absolute Gasteiger partial charge is 0.416 e. The summed E-state index contributed by atoms with van der Waals surface area (Å²) in [7, 11) is 1.76. The predicted molar refractivity (Wildman–Crippen MR) is 116 cm³/mol. The van der Waals surface area contributed by atoms with Gasteiger partial charge >= 0.3 is 11.9 Å². The maximum atomic E-state index is 12.9. The minimum atomic E-state index is -4.32. The molecule has 0 amide bonds. The molecule has 10 heteroatoms. The van der Waals surface area contributed by atoms with Gasteiger partial charge in [-0.25, -0.2) is 4.79 Å². The van der Waals surface area contributed by atoms with E-state index in [0.717, 1.165) is 31.6 Å². The van der Waals surface area contributed by atoms with Crippen molar-refractivity contribution in [2.75, 3.05) is 19.6 Å². The standard InChI is InChI=1S/C23H24F3N5O2/c1-29-11-15(10-27-29)19-13-31(21(33)28-20(19)32)8-2-7-30-12-18-9-22(18,14-30)16-3-5-17(6-4-16)23(24,25)26/h3-6,10-11,13,18H,2,7-9,12,14H2,1H3,(H,28,32,33)/t18-,22+/m0/s1. The first-order chi connectivity index (χ1) is 15.7. The quantitative estimate of drug-likeness (QED) is 0.615. The van der Waals surface area contributed by atoms with Crippen LogP contribution in [0.1, 0.15) is 24.0 Å². The minimum absolute atomic E-state index is 0.0492. The van der Waals surface area contributed by atoms with E-state index in [1.165, 1.54) is 16.7 Å². The molecule has 3 aromatic rings. The smallest absolute Gasteiger partial charge is 0.302 e. The number of piperidine rings is 1. The van der Waals surface area contributed by atoms with Gasteiger partial charge in [0.15, 0.2) is 0 Å². The Morgan fingerprint density at radius 1 is 1.15 bits per heavy atom. The normalized spacial score (nSPS) is 22.5. The van der Waals surface area contributed by atoms with E-state index in [9.17, 15) is 22.8 Å². The van der Waals surface area contributed by atoms with Crippen LogP contribution in [0.3, 0.4) is 0 Å². The molecule has 0 bridgehead atoms. The Bertz CT molecular complexity index is 1290. The highest BCUT2D eigenvalue weighted by Gasteiger charge is 2.60. The van der Waals surface area contributed by atoms with Gasteiger partial charge in [-0.1, -0.05) is 12.1 Å². The molecule has 7 nitrogen and oxygen atoms in total. The molecule has 2 aliphatic rings. The second-order valence-electron chi connectivity index (χ2n) is 9.12. The molecule has 1 saturated carbocycles. The van der Waals surface area contributed by atoms with Crippen molar-refractivity contribution in [2.24, 2.45) is 13.0 Å². The van der Waals surface area contributed by atoms with E-state index in [-0.39, 0.29) is 5.41 Å². The molecule has 1 saturated heterocycles. The number of H-pyrrole nitrogens is 1. The monoisotopic (exact) mass is 459 g/mol. The van der Waals surface area contributed by atoms with Crippen LogP contribution in [-0.2, 0) is 25.2 Å². The van der Waals surface area contributed by atoms with Gasteiger partial charge in [0.25, 0.3) is 5.56 Å². The van der Waals surface area contributed by atoms with Crippen molar-refractivity contribution in [3.8, 4) is 11.1 Å². The molecule has 0 unspecified atom stereocenters. The molecule has 2 aromatic heterocycles. The number of benzene rings is 1. The number of hydrogen-bond donors (Lipinski definition) is 1. The molecule has 3 heterocycles. The van der Waals surface area contributed by atoms with Crippen LogP contribution in [0.4, 0.5) is 13.2 Å². The summed E-state index contributed by atoms with van der Waals surface area (Å²) in [6.45, 7) is 2.94. The van der Waals surface area contributed by atoms with Crippen molar-refractivity contribution in [1.82, 2.24) is 24.2 Å². The van der Waals surface area contributed by atoms with Crippen LogP contribution in [-0.4, -0.2) is 43.9 Å². The van der Waals surface area contributed by atoms with Crippen molar-refractivity contribution >= 4 is 0 Å². The lowest BCUT2D eigenvalue weighted by Crippen LogP contribution is -2.32. The van der Waals surface area contributed by atoms with E-state index < -0.39 is 23.0 Å². The summed E-state index contributed by atoms with van der Waals surface area (Å²) in [5, 5.41) is 4.07. The number of halogens is 3. The van der Waals surface area contributed by atoms with Gasteiger partial charge in [0.1, 0.15) is 0 Å². The third-order valence-electron chi connectivity index (χ3n) is 6.90. The number of likely N-dealkylation sites (tertiary alicyclic amines) is 1. The Kier molecular flexibility index (Phi) is 5.08. The predicted octanol–water partition coefficient (Wildman–Crippen LogP) is 2.62. The molecule has 174 valence electrons. The van der Waals surface area contributed by atoms with Crippen LogP contribution in [0.2, 0.25) is 0 Å². The summed E-state index contributed by atoms with van der Waals surface area (Å²) in [6, 6.07) is 5.58. The molecule has 1 N–H and O–H groups in total. The van der Waals surface area contributed by atoms with Crippen molar-refractivity contribution in [2.45, 2.75) is 31.0 Å². The molecular formula is C23H24F3N5O2. The third kappa shape index (κ3) is 4.03. The first-order valence-corrected chi connectivity index (χ1v) is 10.9. The summed E-state index contributed by atoms with van der Waals surface area (Å²) in [5.41, 5.74) is 0.456. The van der Waals surface area contributed by atoms with Gasteiger partial charge in [-0.3, -0.25) is 19.0 Å². The summed E-state index contributed by atoms with van der Waals surface area (Å²) < 4.78 is 41.7. The highest BCUT2D eigenvalue weighted by atomic mass is 19.4. The lowest BCUT2D eigenvalue weighted by atomic mass is 9.94. The van der Waals surface area contributed by atoms with Crippen LogP contribution in [0.5, 0.6) is 0 Å². The molecule has 2 fully saturated rings. The van der Waals surface area contributed by atoms with E-state index in [4.69, 9.17) is 0 Å². The Hall–Kier alpha value is -3.14. The van der Waals surface area contributed by atoms with Gasteiger partial charge < -0.3 is 4.90 Å². The molecule has 1 aromatic carbocycles. The van der Waals surface area contributed by atoms with Gasteiger partial charge in [-0.05, 0) is 43.0 Å². The topological polar surface area (TPSA) is 75.9 Å². The number of nitrogens with zero attached hydrogens (tertiary/aromatic N) is 4. The number of nitrogens with one attached hydrogen (secondary N) is 1. The number of hydrogen-bond acceptors (Lipinski definition) is 4. The van der Waals surface area contributed by atoms with Crippen LogP contribution in [0, 0.1) is 5.92 Å². The van der Waals surface area contributed by atoms with E-state index in [2.05, 4.69) is 15.0 Å². The molecule has 1 aliphatic heterocycles. The zero-order valence-electron chi connectivity index (χ0n) is 18.1. The maximum absolute atomic E-state index is 12.9. The minimum Gasteiger partial charge on any atom is -0.302 e. The lowest BCUT2D eigenvalue weighted by molar-refractivity contribution is -0.137. The highest BCUT2D eigenvalue weighted by molar-refractivity contribution is 5.59. The number of fused-ring (bicyclic) bond motifs is 1. The van der Waals surface area contributed by atoms with Gasteiger partial charge in [0, 0.05) is 50.1 Å². The summed E-state index contributed by atoms with van der Waals surface area (Å²) in [6.07, 6.45) is 2.27. The Balaban J connectivity index is 1.22. The van der Waals surface area contributed by atoms with Crippen LogP contribution in [0.25, 0.3) is 11.1 Å². The summed E-state index contributed by atoms with van der Waals surface area (Å²) in [4.78, 5) is 29.1. The number of aromatic amines is 1. The number of rotatable bonds is 6. The van der Waals surface area contributed by atoms with E-state index >= 15 is 0 Å². The molecule has 1 aliphatic carbocycles. The highest BCUT2D eigenvalue weighted by Crippen LogP contribution is 2.59. The van der Waals surface area contributed by atoms with Gasteiger partial charge in [0.2, 0.25) is 0 Å². The maximum Gasteiger partial charge on any atom is 0.416 e.